The molecule has 0 saturated heterocycles. The van der Waals surface area contributed by atoms with Crippen molar-refractivity contribution in [2.24, 2.45) is 0 Å². The average molecular weight is 745 g/mol. The lowest BCUT2D eigenvalue weighted by atomic mass is 9.80. The summed E-state index contributed by atoms with van der Waals surface area (Å²) in [4.78, 5) is 0. The molecule has 0 spiro atoms. The Kier molecular flexibility index (Phi) is 5.80. The highest BCUT2D eigenvalue weighted by Gasteiger charge is 2.36. The number of rotatable bonds is 2. The van der Waals surface area contributed by atoms with Gasteiger partial charge in [-0.25, -0.2) is 0 Å². The highest BCUT2D eigenvalue weighted by molar-refractivity contribution is 9.11. The van der Waals surface area contributed by atoms with Crippen LogP contribution >= 0.6 is 31.9 Å². The zero-order chi connectivity index (χ0) is 32.7. The maximum absolute atomic E-state index is 4.03. The third-order valence-corrected chi connectivity index (χ3v) is 12.9. The quantitative estimate of drug-likeness (QED) is 0.155. The molecule has 0 saturated carbocycles. The van der Waals surface area contributed by atoms with Crippen molar-refractivity contribution in [3.8, 4) is 44.5 Å². The predicted octanol–water partition coefficient (Wildman–Crippen LogP) is 14.1. The Balaban J connectivity index is 1.21. The molecule has 10 rings (SSSR count). The molecular formula is C46H32Br2. The number of halogens is 2. The van der Waals surface area contributed by atoms with E-state index in [-0.39, 0.29) is 10.8 Å². The van der Waals surface area contributed by atoms with E-state index in [2.05, 4.69) is 181 Å². The maximum Gasteiger partial charge on any atom is 0.0260 e. The maximum atomic E-state index is 4.03. The molecule has 48 heavy (non-hydrogen) atoms. The van der Waals surface area contributed by atoms with E-state index < -0.39 is 0 Å². The lowest BCUT2D eigenvalue weighted by Gasteiger charge is -2.23. The summed E-state index contributed by atoms with van der Waals surface area (Å²) in [6.07, 6.45) is 0. The third-order valence-electron chi connectivity index (χ3n) is 11.6. The molecule has 0 atom stereocenters. The molecule has 230 valence electrons. The minimum absolute atomic E-state index is 0.0471. The Hall–Kier alpha value is -4.24. The largest absolute Gasteiger partial charge is 0.0619 e. The van der Waals surface area contributed by atoms with Crippen molar-refractivity contribution < 1.29 is 0 Å². The van der Waals surface area contributed by atoms with E-state index in [9.17, 15) is 0 Å². The molecule has 0 N–H and O–H groups in total. The van der Waals surface area contributed by atoms with E-state index >= 15 is 0 Å². The molecule has 0 radical (unpaired) electrons. The molecule has 0 aromatic heterocycles. The molecule has 8 aromatic rings. The van der Waals surface area contributed by atoms with Gasteiger partial charge in [-0.15, -0.1) is 0 Å². The van der Waals surface area contributed by atoms with Gasteiger partial charge < -0.3 is 0 Å². The lowest BCUT2D eigenvalue weighted by molar-refractivity contribution is 0.660. The second kappa shape index (κ2) is 9.68. The first-order chi connectivity index (χ1) is 23.1. The highest BCUT2D eigenvalue weighted by atomic mass is 79.9. The minimum Gasteiger partial charge on any atom is -0.0619 e. The molecule has 0 amide bonds. The van der Waals surface area contributed by atoms with Gasteiger partial charge in [0.2, 0.25) is 0 Å². The number of fused-ring (bicyclic) bond motifs is 6. The van der Waals surface area contributed by atoms with Gasteiger partial charge >= 0.3 is 0 Å². The van der Waals surface area contributed by atoms with Gasteiger partial charge in [-0.2, -0.15) is 0 Å². The van der Waals surface area contributed by atoms with E-state index in [1.165, 1.54) is 99.1 Å². The number of benzene rings is 8. The van der Waals surface area contributed by atoms with Gasteiger partial charge in [0, 0.05) is 19.8 Å². The Morgan fingerprint density at radius 1 is 0.354 bits per heavy atom. The summed E-state index contributed by atoms with van der Waals surface area (Å²) in [6.45, 7) is 9.44. The Morgan fingerprint density at radius 2 is 0.729 bits per heavy atom. The zero-order valence-electron chi connectivity index (χ0n) is 27.3. The van der Waals surface area contributed by atoms with Crippen LogP contribution in [0.3, 0.4) is 0 Å². The van der Waals surface area contributed by atoms with E-state index in [0.29, 0.717) is 0 Å². The summed E-state index contributed by atoms with van der Waals surface area (Å²) in [7, 11) is 0. The molecule has 2 heteroatoms. The van der Waals surface area contributed by atoms with Crippen LogP contribution in [0, 0.1) is 0 Å². The smallest absolute Gasteiger partial charge is 0.0260 e. The standard InChI is InChI=1S/C46H32Br2/c1-45(2)37-11-7-5-9-27(37)29-15-13-25(21-39(29)45)35-23-41(47)33-20-18-32-36(24-42(48)34-19-17-31(35)43(33)44(32)34)26-14-16-30-28-10-6-8-12-38(28)46(3,4)40(30)22-26/h5-24H,1-4H3. The van der Waals surface area contributed by atoms with E-state index in [0.717, 1.165) is 8.95 Å². The SMILES string of the molecule is CC1(C)c2ccccc2-c2ccc(-c3cc(Br)c4ccc5c(-c6ccc7c(c6)C(C)(C)c6ccccc6-7)cc(Br)c6ccc3c4c65)cc21. The average Bonchev–Trinajstić information content (AvgIpc) is 3.47. The summed E-state index contributed by atoms with van der Waals surface area (Å²) in [6, 6.07) is 45.9. The molecule has 8 aromatic carbocycles. The fraction of sp³-hybridized carbons (Fsp3) is 0.130. The number of hydrogen-bond donors (Lipinski definition) is 0. The first kappa shape index (κ1) is 28.7. The van der Waals surface area contributed by atoms with Crippen LogP contribution < -0.4 is 0 Å². The Morgan fingerprint density at radius 3 is 1.17 bits per heavy atom. The van der Waals surface area contributed by atoms with Crippen molar-refractivity contribution in [3.05, 3.63) is 153 Å². The van der Waals surface area contributed by atoms with E-state index in [4.69, 9.17) is 0 Å². The van der Waals surface area contributed by atoms with Crippen LogP contribution in [0.4, 0.5) is 0 Å². The van der Waals surface area contributed by atoms with Crippen LogP contribution in [0.5, 0.6) is 0 Å². The molecular weight excluding hydrogens is 712 g/mol. The van der Waals surface area contributed by atoms with E-state index in [1.54, 1.807) is 0 Å². The van der Waals surface area contributed by atoms with Crippen molar-refractivity contribution in [1.29, 1.82) is 0 Å². The van der Waals surface area contributed by atoms with E-state index in [1.807, 2.05) is 0 Å². The van der Waals surface area contributed by atoms with Gasteiger partial charge in [-0.1, -0.05) is 157 Å². The Bertz CT molecular complexity index is 2500. The van der Waals surface area contributed by atoms with Gasteiger partial charge in [0.25, 0.3) is 0 Å². The first-order valence-electron chi connectivity index (χ1n) is 16.7. The summed E-state index contributed by atoms with van der Waals surface area (Å²) < 4.78 is 2.25. The predicted molar refractivity (Wildman–Crippen MR) is 212 cm³/mol. The topological polar surface area (TPSA) is 0 Å². The Labute approximate surface area is 298 Å². The minimum atomic E-state index is -0.0471. The summed E-state index contributed by atoms with van der Waals surface area (Å²) in [5.74, 6) is 0. The molecule has 2 aliphatic carbocycles. The summed E-state index contributed by atoms with van der Waals surface area (Å²) in [5, 5.41) is 7.69. The summed E-state index contributed by atoms with van der Waals surface area (Å²) >= 11 is 8.06. The molecule has 0 nitrogen and oxygen atoms in total. The van der Waals surface area contributed by atoms with Crippen molar-refractivity contribution >= 4 is 64.2 Å². The van der Waals surface area contributed by atoms with Crippen LogP contribution in [0.15, 0.2) is 130 Å². The fourth-order valence-electron chi connectivity index (χ4n) is 9.13. The normalized spacial score (nSPS) is 15.2. The van der Waals surface area contributed by atoms with Crippen molar-refractivity contribution in [2.75, 3.05) is 0 Å². The molecule has 0 aliphatic heterocycles. The molecule has 0 bridgehead atoms. The van der Waals surface area contributed by atoms with Gasteiger partial charge in [-0.05, 0) is 123 Å². The lowest BCUT2D eigenvalue weighted by Crippen LogP contribution is -2.14. The monoisotopic (exact) mass is 742 g/mol. The molecule has 0 fully saturated rings. The second-order valence-electron chi connectivity index (χ2n) is 14.7. The molecule has 2 aliphatic rings. The zero-order valence-corrected chi connectivity index (χ0v) is 30.5. The van der Waals surface area contributed by atoms with Crippen LogP contribution in [0.2, 0.25) is 0 Å². The second-order valence-corrected chi connectivity index (χ2v) is 16.5. The van der Waals surface area contributed by atoms with Crippen LogP contribution in [-0.2, 0) is 10.8 Å². The van der Waals surface area contributed by atoms with Gasteiger partial charge in [0.05, 0.1) is 0 Å². The van der Waals surface area contributed by atoms with Crippen LogP contribution in [0.25, 0.3) is 76.8 Å². The molecule has 0 unspecified atom stereocenters. The third kappa shape index (κ3) is 3.66. The fourth-order valence-corrected chi connectivity index (χ4v) is 10.2. The summed E-state index contributed by atoms with van der Waals surface area (Å²) in [5.41, 5.74) is 16.0. The number of hydrogen-bond acceptors (Lipinski definition) is 0. The van der Waals surface area contributed by atoms with Crippen LogP contribution in [0.1, 0.15) is 49.9 Å². The van der Waals surface area contributed by atoms with Gasteiger partial charge in [0.1, 0.15) is 0 Å². The van der Waals surface area contributed by atoms with Crippen LogP contribution in [-0.4, -0.2) is 0 Å². The van der Waals surface area contributed by atoms with Crippen molar-refractivity contribution in [1.82, 2.24) is 0 Å². The van der Waals surface area contributed by atoms with Crippen molar-refractivity contribution in [3.63, 3.8) is 0 Å². The molecule has 0 heterocycles. The highest BCUT2D eigenvalue weighted by Crippen LogP contribution is 2.53. The van der Waals surface area contributed by atoms with Crippen molar-refractivity contribution in [2.45, 2.75) is 38.5 Å². The van der Waals surface area contributed by atoms with Gasteiger partial charge in [0.15, 0.2) is 0 Å². The van der Waals surface area contributed by atoms with Gasteiger partial charge in [-0.3, -0.25) is 0 Å². The first-order valence-corrected chi connectivity index (χ1v) is 18.3.